The normalized spacial score (nSPS) is 19.7. The number of hydrogen-bond donors (Lipinski definition) is 1. The number of ether oxygens (including phenoxy) is 1. The highest BCUT2D eigenvalue weighted by Gasteiger charge is 2.51. The van der Waals surface area contributed by atoms with Crippen LogP contribution in [0.1, 0.15) is 34.9 Å². The molecule has 0 radical (unpaired) electrons. The summed E-state index contributed by atoms with van der Waals surface area (Å²) >= 11 is 0. The Kier molecular flexibility index (Phi) is 5.41. The van der Waals surface area contributed by atoms with Gasteiger partial charge in [0.25, 0.3) is 0 Å². The molecule has 2 amide bonds. The van der Waals surface area contributed by atoms with E-state index in [0.29, 0.717) is 0 Å². The second-order valence-electron chi connectivity index (χ2n) is 9.93. The number of imide groups is 1. The Morgan fingerprint density at radius 1 is 1.03 bits per heavy atom. The van der Waals surface area contributed by atoms with E-state index in [0.717, 1.165) is 57.2 Å². The Balaban J connectivity index is 1.46. The van der Waals surface area contributed by atoms with Gasteiger partial charge in [0, 0.05) is 35.2 Å². The first kappa shape index (κ1) is 22.5. The highest BCUT2D eigenvalue weighted by atomic mass is 16.5. The van der Waals surface area contributed by atoms with Crippen LogP contribution >= 0.6 is 0 Å². The number of aryl methyl sites for hydroxylation is 2. The lowest BCUT2D eigenvalue weighted by molar-refractivity contribution is -0.156. The Morgan fingerprint density at radius 3 is 2.58 bits per heavy atom. The first-order valence-corrected chi connectivity index (χ1v) is 12.3. The number of amides is 2. The number of nitrogens with one attached hydrogen (secondary N) is 1. The number of nitrogens with zero attached hydrogens (tertiary/aromatic N) is 3. The summed E-state index contributed by atoms with van der Waals surface area (Å²) in [6.07, 6.45) is 5.92. The molecule has 8 heteroatoms. The molecule has 0 bridgehead atoms. The number of carbonyl (C=O) groups is 3. The molecule has 2 aromatic heterocycles. The first-order chi connectivity index (χ1) is 17.4. The monoisotopic (exact) mass is 484 g/mol. The van der Waals surface area contributed by atoms with Gasteiger partial charge >= 0.3 is 5.97 Å². The van der Waals surface area contributed by atoms with Gasteiger partial charge in [-0.1, -0.05) is 36.4 Å². The average Bonchev–Trinajstić information content (AvgIpc) is 3.51. The van der Waals surface area contributed by atoms with Gasteiger partial charge in [-0.05, 0) is 49.7 Å². The number of para-hydroxylation sites is 2. The zero-order valence-corrected chi connectivity index (χ0v) is 20.4. The number of esters is 1. The summed E-state index contributed by atoms with van der Waals surface area (Å²) in [6, 6.07) is 14.0. The maximum Gasteiger partial charge on any atom is 0.321 e. The SMILES string of the molecule is CN(C)CC(=O)OCN1C(=O)[C@H](c2c[nH]c3ccccc23)[C@@H](c2cn3c4c(cccc24)CCC3)C1=O. The van der Waals surface area contributed by atoms with Gasteiger partial charge in [-0.2, -0.15) is 0 Å². The lowest BCUT2D eigenvalue weighted by Crippen LogP contribution is -2.35. The molecular weight excluding hydrogens is 456 g/mol. The van der Waals surface area contributed by atoms with Crippen molar-refractivity contribution in [2.45, 2.75) is 31.2 Å². The predicted octanol–water partition coefficient (Wildman–Crippen LogP) is 3.37. The maximum atomic E-state index is 13.9. The molecule has 1 saturated heterocycles. The number of benzene rings is 2. The summed E-state index contributed by atoms with van der Waals surface area (Å²) in [5, 5.41) is 1.92. The highest BCUT2D eigenvalue weighted by molar-refractivity contribution is 6.13. The molecule has 2 aliphatic rings. The molecule has 0 spiro atoms. The van der Waals surface area contributed by atoms with E-state index in [1.54, 1.807) is 19.0 Å². The van der Waals surface area contributed by atoms with E-state index in [-0.39, 0.29) is 25.1 Å². The molecule has 0 saturated carbocycles. The van der Waals surface area contributed by atoms with Crippen molar-refractivity contribution in [2.24, 2.45) is 0 Å². The molecule has 2 aliphatic heterocycles. The van der Waals surface area contributed by atoms with Gasteiger partial charge in [0.15, 0.2) is 6.73 Å². The van der Waals surface area contributed by atoms with Crippen LogP contribution in [0.5, 0.6) is 0 Å². The van der Waals surface area contributed by atoms with Crippen molar-refractivity contribution < 1.29 is 19.1 Å². The van der Waals surface area contributed by atoms with Crippen LogP contribution in [0.2, 0.25) is 0 Å². The molecule has 4 aromatic rings. The van der Waals surface area contributed by atoms with Crippen LogP contribution in [0.15, 0.2) is 54.9 Å². The summed E-state index contributed by atoms with van der Waals surface area (Å²) in [6.45, 7) is 0.567. The number of aromatic amines is 1. The minimum atomic E-state index is -0.718. The molecular formula is C28H28N4O4. The molecule has 36 heavy (non-hydrogen) atoms. The van der Waals surface area contributed by atoms with Gasteiger partial charge in [-0.25, -0.2) is 4.90 Å². The van der Waals surface area contributed by atoms with Crippen LogP contribution in [0.4, 0.5) is 0 Å². The number of hydrogen-bond acceptors (Lipinski definition) is 5. The van der Waals surface area contributed by atoms with Crippen LogP contribution in [-0.2, 0) is 32.1 Å². The van der Waals surface area contributed by atoms with Gasteiger partial charge in [0.2, 0.25) is 11.8 Å². The largest absolute Gasteiger partial charge is 0.443 e. The zero-order chi connectivity index (χ0) is 25.0. The molecule has 1 fully saturated rings. The van der Waals surface area contributed by atoms with E-state index in [1.807, 2.05) is 48.8 Å². The number of fused-ring (bicyclic) bond motifs is 1. The number of likely N-dealkylation sites (N-methyl/N-ethyl adjacent to an activating group) is 1. The van der Waals surface area contributed by atoms with E-state index in [9.17, 15) is 14.4 Å². The van der Waals surface area contributed by atoms with Crippen molar-refractivity contribution in [1.29, 1.82) is 0 Å². The molecule has 2 atom stereocenters. The Bertz CT molecular complexity index is 1510. The van der Waals surface area contributed by atoms with Gasteiger partial charge in [0.05, 0.1) is 23.9 Å². The van der Waals surface area contributed by atoms with Crippen molar-refractivity contribution in [1.82, 2.24) is 19.4 Å². The standard InChI is InChI=1S/C28H28N4O4/c1-30(2)15-23(33)36-16-32-27(34)24(20-13-29-22-11-4-3-9-18(20)22)25(28(32)35)21-14-31-12-6-8-17-7-5-10-19(21)26(17)31/h3-5,7,9-11,13-14,24-25,29H,6,8,12,15-16H2,1-2H3/t24-,25-/m1/s1. The van der Waals surface area contributed by atoms with Crippen molar-refractivity contribution in [3.63, 3.8) is 0 Å². The zero-order valence-electron chi connectivity index (χ0n) is 20.4. The van der Waals surface area contributed by atoms with Crippen molar-refractivity contribution in [3.8, 4) is 0 Å². The number of likely N-dealkylation sites (tertiary alicyclic amines) is 1. The number of aromatic nitrogens is 2. The van der Waals surface area contributed by atoms with Crippen LogP contribution in [-0.4, -0.2) is 64.5 Å². The van der Waals surface area contributed by atoms with Crippen LogP contribution in [0, 0.1) is 0 Å². The lowest BCUT2D eigenvalue weighted by Gasteiger charge is -2.16. The Morgan fingerprint density at radius 2 is 1.78 bits per heavy atom. The summed E-state index contributed by atoms with van der Waals surface area (Å²) < 4.78 is 7.56. The predicted molar refractivity (Wildman–Crippen MR) is 135 cm³/mol. The first-order valence-electron chi connectivity index (χ1n) is 12.3. The Labute approximate surface area is 208 Å². The van der Waals surface area contributed by atoms with E-state index in [1.165, 1.54) is 5.56 Å². The minimum absolute atomic E-state index is 0.0712. The molecule has 6 rings (SSSR count). The molecule has 0 unspecified atom stereocenters. The molecule has 1 N–H and O–H groups in total. The topological polar surface area (TPSA) is 87.6 Å². The van der Waals surface area contributed by atoms with Crippen LogP contribution in [0.3, 0.4) is 0 Å². The summed E-state index contributed by atoms with van der Waals surface area (Å²) in [7, 11) is 3.51. The smallest absolute Gasteiger partial charge is 0.321 e. The second-order valence-corrected chi connectivity index (χ2v) is 9.93. The van der Waals surface area contributed by atoms with Crippen molar-refractivity contribution in [2.75, 3.05) is 27.4 Å². The fourth-order valence-corrected chi connectivity index (χ4v) is 5.80. The molecule has 2 aromatic carbocycles. The van der Waals surface area contributed by atoms with E-state index in [2.05, 4.69) is 15.6 Å². The number of carbonyl (C=O) groups excluding carboxylic acids is 3. The lowest BCUT2D eigenvalue weighted by atomic mass is 9.83. The highest BCUT2D eigenvalue weighted by Crippen LogP contribution is 2.47. The Hall–Kier alpha value is -3.91. The fourth-order valence-electron chi connectivity index (χ4n) is 5.80. The minimum Gasteiger partial charge on any atom is -0.443 e. The summed E-state index contributed by atoms with van der Waals surface area (Å²) in [5.41, 5.74) is 4.95. The van der Waals surface area contributed by atoms with Crippen molar-refractivity contribution in [3.05, 3.63) is 71.5 Å². The quantitative estimate of drug-likeness (QED) is 0.335. The van der Waals surface area contributed by atoms with Gasteiger partial charge in [0.1, 0.15) is 0 Å². The third kappa shape index (κ3) is 3.52. The molecule has 8 nitrogen and oxygen atoms in total. The summed E-state index contributed by atoms with van der Waals surface area (Å²) in [4.78, 5) is 46.0. The van der Waals surface area contributed by atoms with E-state index in [4.69, 9.17) is 4.74 Å². The van der Waals surface area contributed by atoms with E-state index >= 15 is 0 Å². The second kappa shape index (κ2) is 8.64. The molecule has 184 valence electrons. The fraction of sp³-hybridized carbons (Fsp3) is 0.321. The third-order valence-corrected chi connectivity index (χ3v) is 7.35. The maximum absolute atomic E-state index is 13.9. The van der Waals surface area contributed by atoms with Gasteiger partial charge in [-0.15, -0.1) is 0 Å². The third-order valence-electron chi connectivity index (χ3n) is 7.35. The van der Waals surface area contributed by atoms with Gasteiger partial charge in [-0.3, -0.25) is 19.3 Å². The summed E-state index contributed by atoms with van der Waals surface area (Å²) in [5.74, 6) is -2.60. The molecule has 4 heterocycles. The van der Waals surface area contributed by atoms with Crippen LogP contribution < -0.4 is 0 Å². The number of rotatable bonds is 6. The van der Waals surface area contributed by atoms with Crippen molar-refractivity contribution >= 4 is 39.6 Å². The average molecular weight is 485 g/mol. The van der Waals surface area contributed by atoms with E-state index < -0.39 is 17.8 Å². The van der Waals surface area contributed by atoms with Crippen LogP contribution in [0.25, 0.3) is 21.8 Å². The number of H-pyrrole nitrogens is 1. The molecule has 0 aliphatic carbocycles. The van der Waals surface area contributed by atoms with Gasteiger partial charge < -0.3 is 14.3 Å².